The van der Waals surface area contributed by atoms with Gasteiger partial charge in [0.2, 0.25) is 5.91 Å². The van der Waals surface area contributed by atoms with Gasteiger partial charge in [0.05, 0.1) is 17.9 Å². The van der Waals surface area contributed by atoms with Crippen LogP contribution in [0.1, 0.15) is 41.9 Å². The average molecular weight is 474 g/mol. The Bertz CT molecular complexity index is 899. The van der Waals surface area contributed by atoms with Gasteiger partial charge >= 0.3 is 0 Å². The predicted molar refractivity (Wildman–Crippen MR) is 131 cm³/mol. The monoisotopic (exact) mass is 473 g/mol. The number of methoxy groups -OCH3 is 1. The van der Waals surface area contributed by atoms with Crippen molar-refractivity contribution in [3.8, 4) is 11.5 Å². The molecule has 8 heteroatoms. The fourth-order valence-electron chi connectivity index (χ4n) is 4.03. The molecule has 0 bridgehead atoms. The first-order valence-electron chi connectivity index (χ1n) is 11.7. The number of hydrogen-bond acceptors (Lipinski definition) is 6. The summed E-state index contributed by atoms with van der Waals surface area (Å²) < 4.78 is 11.4. The maximum atomic E-state index is 12.8. The lowest BCUT2D eigenvalue weighted by atomic mass is 9.97. The van der Waals surface area contributed by atoms with Crippen molar-refractivity contribution in [2.75, 3.05) is 46.4 Å². The lowest BCUT2D eigenvalue weighted by Gasteiger charge is -2.31. The minimum absolute atomic E-state index is 0.0165. The fourth-order valence-corrected chi connectivity index (χ4v) is 4.72. The van der Waals surface area contributed by atoms with Crippen molar-refractivity contribution < 1.29 is 19.1 Å². The van der Waals surface area contributed by atoms with E-state index in [9.17, 15) is 9.59 Å². The van der Waals surface area contributed by atoms with Gasteiger partial charge in [0.15, 0.2) is 11.5 Å². The number of likely N-dealkylation sites (N-methyl/N-ethyl adjacent to an activating group) is 1. The molecule has 33 heavy (non-hydrogen) atoms. The van der Waals surface area contributed by atoms with E-state index in [1.807, 2.05) is 35.7 Å². The van der Waals surface area contributed by atoms with Gasteiger partial charge in [-0.15, -0.1) is 11.3 Å². The first kappa shape index (κ1) is 25.1. The maximum Gasteiger partial charge on any atom is 0.263 e. The van der Waals surface area contributed by atoms with Gasteiger partial charge in [-0.1, -0.05) is 26.0 Å². The van der Waals surface area contributed by atoms with Gasteiger partial charge in [-0.25, -0.2) is 0 Å². The molecule has 0 saturated carbocycles. The topological polar surface area (TPSA) is 71.1 Å². The van der Waals surface area contributed by atoms with Gasteiger partial charge in [0, 0.05) is 26.2 Å². The Morgan fingerprint density at radius 2 is 2.03 bits per heavy atom. The molecule has 1 unspecified atom stereocenters. The fraction of sp³-hybridized carbons (Fsp3) is 0.520. The maximum absolute atomic E-state index is 12.8. The Labute approximate surface area is 200 Å². The second-order valence-corrected chi connectivity index (χ2v) is 9.09. The van der Waals surface area contributed by atoms with E-state index in [-0.39, 0.29) is 17.7 Å². The van der Waals surface area contributed by atoms with Crippen molar-refractivity contribution in [2.24, 2.45) is 5.92 Å². The summed E-state index contributed by atoms with van der Waals surface area (Å²) in [6.07, 6.45) is 1.63. The minimum Gasteiger partial charge on any atom is -0.493 e. The lowest BCUT2D eigenvalue weighted by Crippen LogP contribution is -2.45. The largest absolute Gasteiger partial charge is 0.493 e. The predicted octanol–water partition coefficient (Wildman–Crippen LogP) is 3.65. The molecular weight excluding hydrogens is 438 g/mol. The van der Waals surface area contributed by atoms with Crippen molar-refractivity contribution in [1.82, 2.24) is 15.1 Å². The molecule has 0 spiro atoms. The van der Waals surface area contributed by atoms with Gasteiger partial charge in [-0.3, -0.25) is 9.59 Å². The SMILES string of the molecule is CCN(CC)CCOc1ccc(CNC(=O)C2CCCN(C(=O)c3cccs3)C2)cc1OC. The Morgan fingerprint density at radius 1 is 1.21 bits per heavy atom. The quantitative estimate of drug-likeness (QED) is 0.540. The number of carbonyl (C=O) groups is 2. The van der Waals surface area contributed by atoms with E-state index in [2.05, 4.69) is 24.1 Å². The number of nitrogens with one attached hydrogen (secondary N) is 1. The summed E-state index contributed by atoms with van der Waals surface area (Å²) in [6.45, 7) is 9.30. The number of rotatable bonds is 11. The number of amides is 2. The number of benzene rings is 1. The molecule has 1 fully saturated rings. The van der Waals surface area contributed by atoms with Gasteiger partial charge in [-0.2, -0.15) is 0 Å². The number of piperidine rings is 1. The van der Waals surface area contributed by atoms with Crippen LogP contribution < -0.4 is 14.8 Å². The third-order valence-electron chi connectivity index (χ3n) is 6.07. The third kappa shape index (κ3) is 6.95. The summed E-state index contributed by atoms with van der Waals surface area (Å²) in [5.74, 6) is 1.18. The molecule has 2 amide bonds. The highest BCUT2D eigenvalue weighted by atomic mass is 32.1. The molecule has 1 aromatic carbocycles. The first-order chi connectivity index (χ1) is 16.0. The number of likely N-dealkylation sites (tertiary alicyclic amines) is 1. The van der Waals surface area contributed by atoms with Crippen molar-refractivity contribution >= 4 is 23.2 Å². The van der Waals surface area contributed by atoms with Crippen LogP contribution in [0, 0.1) is 5.92 Å². The highest BCUT2D eigenvalue weighted by Crippen LogP contribution is 2.28. The third-order valence-corrected chi connectivity index (χ3v) is 6.92. The van der Waals surface area contributed by atoms with E-state index in [1.165, 1.54) is 11.3 Å². The van der Waals surface area contributed by atoms with Crippen LogP contribution in [0.25, 0.3) is 0 Å². The molecule has 2 aromatic rings. The zero-order chi connectivity index (χ0) is 23.6. The molecule has 1 aliphatic heterocycles. The zero-order valence-corrected chi connectivity index (χ0v) is 20.7. The van der Waals surface area contributed by atoms with Crippen LogP contribution in [-0.4, -0.2) is 68.1 Å². The summed E-state index contributed by atoms with van der Waals surface area (Å²) in [4.78, 5) is 30.3. The van der Waals surface area contributed by atoms with Crippen LogP contribution in [0.2, 0.25) is 0 Å². The zero-order valence-electron chi connectivity index (χ0n) is 19.8. The van der Waals surface area contributed by atoms with E-state index >= 15 is 0 Å². The molecule has 180 valence electrons. The summed E-state index contributed by atoms with van der Waals surface area (Å²) in [7, 11) is 1.62. The van der Waals surface area contributed by atoms with Crippen LogP contribution >= 0.6 is 11.3 Å². The van der Waals surface area contributed by atoms with Gasteiger partial charge in [-0.05, 0) is 55.1 Å². The van der Waals surface area contributed by atoms with Crippen molar-refractivity contribution in [3.63, 3.8) is 0 Å². The van der Waals surface area contributed by atoms with Crippen molar-refractivity contribution in [1.29, 1.82) is 0 Å². The van der Waals surface area contributed by atoms with Crippen molar-refractivity contribution in [2.45, 2.75) is 33.2 Å². The Morgan fingerprint density at radius 3 is 2.73 bits per heavy atom. The van der Waals surface area contributed by atoms with Crippen LogP contribution in [0.3, 0.4) is 0 Å². The Hall–Kier alpha value is -2.58. The molecule has 1 saturated heterocycles. The Balaban J connectivity index is 1.51. The molecule has 0 aliphatic carbocycles. The standard InChI is InChI=1S/C25H35N3O4S/c1-4-27(5-2)13-14-32-21-11-10-19(16-22(21)31-3)17-26-24(29)20-8-6-12-28(18-20)25(30)23-9-7-15-33-23/h7,9-11,15-16,20H,4-6,8,12-14,17-18H2,1-3H3,(H,26,29). The van der Waals surface area contributed by atoms with Gasteiger partial charge < -0.3 is 24.6 Å². The molecule has 1 N–H and O–H groups in total. The minimum atomic E-state index is -0.188. The molecule has 2 heterocycles. The second kappa shape index (κ2) is 12.6. The van der Waals surface area contributed by atoms with Gasteiger partial charge in [0.1, 0.15) is 6.61 Å². The summed E-state index contributed by atoms with van der Waals surface area (Å²) in [6, 6.07) is 9.46. The lowest BCUT2D eigenvalue weighted by molar-refractivity contribution is -0.126. The molecule has 0 radical (unpaired) electrons. The highest BCUT2D eigenvalue weighted by molar-refractivity contribution is 7.12. The second-order valence-electron chi connectivity index (χ2n) is 8.15. The molecular formula is C25H35N3O4S. The van der Waals surface area contributed by atoms with E-state index in [4.69, 9.17) is 9.47 Å². The van der Waals surface area contributed by atoms with E-state index in [1.54, 1.807) is 12.0 Å². The summed E-state index contributed by atoms with van der Waals surface area (Å²) >= 11 is 1.44. The van der Waals surface area contributed by atoms with Crippen LogP contribution in [0.4, 0.5) is 0 Å². The van der Waals surface area contributed by atoms with E-state index in [0.717, 1.165) is 42.9 Å². The first-order valence-corrected chi connectivity index (χ1v) is 12.6. The number of hydrogen-bond donors (Lipinski definition) is 1. The normalized spacial score (nSPS) is 16.0. The average Bonchev–Trinajstić information content (AvgIpc) is 3.40. The molecule has 7 nitrogen and oxygen atoms in total. The highest BCUT2D eigenvalue weighted by Gasteiger charge is 2.29. The van der Waals surface area contributed by atoms with Crippen LogP contribution in [0.5, 0.6) is 11.5 Å². The Kier molecular flexibility index (Phi) is 9.57. The van der Waals surface area contributed by atoms with E-state index in [0.29, 0.717) is 37.7 Å². The number of nitrogens with zero attached hydrogens (tertiary/aromatic N) is 2. The van der Waals surface area contributed by atoms with E-state index < -0.39 is 0 Å². The number of ether oxygens (including phenoxy) is 2. The van der Waals surface area contributed by atoms with Crippen molar-refractivity contribution in [3.05, 3.63) is 46.2 Å². The number of thiophene rings is 1. The molecule has 1 atom stereocenters. The summed E-state index contributed by atoms with van der Waals surface area (Å²) in [5.41, 5.74) is 0.943. The smallest absolute Gasteiger partial charge is 0.263 e. The molecule has 1 aromatic heterocycles. The number of carbonyl (C=O) groups excluding carboxylic acids is 2. The van der Waals surface area contributed by atoms with Gasteiger partial charge in [0.25, 0.3) is 5.91 Å². The molecule has 3 rings (SSSR count). The van der Waals surface area contributed by atoms with Crippen LogP contribution in [0.15, 0.2) is 35.7 Å². The van der Waals surface area contributed by atoms with Crippen LogP contribution in [-0.2, 0) is 11.3 Å². The summed E-state index contributed by atoms with van der Waals surface area (Å²) in [5, 5.41) is 4.93. The molecule has 1 aliphatic rings.